The number of halogens is 2. The van der Waals surface area contributed by atoms with Gasteiger partial charge in [-0.25, -0.2) is 0 Å². The largest absolute Gasteiger partial charge is 0.497 e. The molecule has 0 atom stereocenters. The fourth-order valence-corrected chi connectivity index (χ4v) is 3.29. The van der Waals surface area contributed by atoms with Gasteiger partial charge in [-0.3, -0.25) is 19.8 Å². The van der Waals surface area contributed by atoms with Crippen molar-refractivity contribution in [2.24, 2.45) is 0 Å². The maximum atomic E-state index is 13.1. The van der Waals surface area contributed by atoms with Crippen molar-refractivity contribution in [2.75, 3.05) is 19.1 Å². The highest BCUT2D eigenvalue weighted by Gasteiger charge is 2.35. The summed E-state index contributed by atoms with van der Waals surface area (Å²) in [6.07, 6.45) is 1.42. The lowest BCUT2D eigenvalue weighted by Crippen LogP contribution is -2.54. The average Bonchev–Trinajstić information content (AvgIpc) is 2.68. The molecule has 1 aliphatic heterocycles. The molecule has 28 heavy (non-hydrogen) atoms. The molecule has 2 aromatic rings. The van der Waals surface area contributed by atoms with E-state index >= 15 is 0 Å². The van der Waals surface area contributed by atoms with E-state index in [0.717, 1.165) is 4.90 Å². The molecule has 2 aromatic carbocycles. The first-order valence-corrected chi connectivity index (χ1v) is 9.11. The highest BCUT2D eigenvalue weighted by Crippen LogP contribution is 2.35. The molecule has 1 N–H and O–H groups in total. The summed E-state index contributed by atoms with van der Waals surface area (Å²) in [5.74, 6) is -0.238. The molecule has 0 saturated carbocycles. The standard InChI is InChI=1S/C19H14Cl2N2O4S/c1-26-11-7-6-10(15(9-11)27-2)8-12-17(24)22-19(28)23(18(12)25)14-5-3-4-13(20)16(14)21/h3-9H,1-2H3,(H,22,24,28)/b12-8+. The number of carbonyl (C=O) groups is 2. The van der Waals surface area contributed by atoms with Gasteiger partial charge in [-0.1, -0.05) is 29.3 Å². The van der Waals surface area contributed by atoms with Crippen LogP contribution in [0.15, 0.2) is 42.0 Å². The molecular formula is C19H14Cl2N2O4S. The Morgan fingerprint density at radius 2 is 1.86 bits per heavy atom. The maximum absolute atomic E-state index is 13.1. The van der Waals surface area contributed by atoms with Crippen LogP contribution in [0, 0.1) is 0 Å². The Hall–Kier alpha value is -2.61. The Bertz CT molecular complexity index is 1020. The fourth-order valence-electron chi connectivity index (χ4n) is 2.63. The first-order chi connectivity index (χ1) is 13.4. The number of nitrogens with one attached hydrogen (secondary N) is 1. The molecule has 0 aliphatic carbocycles. The Morgan fingerprint density at radius 3 is 2.54 bits per heavy atom. The lowest BCUT2D eigenvalue weighted by molar-refractivity contribution is -0.122. The number of rotatable bonds is 4. The van der Waals surface area contributed by atoms with Gasteiger partial charge in [0.2, 0.25) is 0 Å². The van der Waals surface area contributed by atoms with Crippen molar-refractivity contribution in [3.8, 4) is 11.5 Å². The molecule has 9 heteroatoms. The van der Waals surface area contributed by atoms with Crippen LogP contribution in [0.1, 0.15) is 5.56 Å². The normalized spacial score (nSPS) is 15.6. The zero-order valence-electron chi connectivity index (χ0n) is 14.8. The number of anilines is 1. The van der Waals surface area contributed by atoms with Gasteiger partial charge in [0.05, 0.1) is 30.0 Å². The zero-order valence-corrected chi connectivity index (χ0v) is 17.1. The highest BCUT2D eigenvalue weighted by molar-refractivity contribution is 7.80. The Balaban J connectivity index is 2.08. The summed E-state index contributed by atoms with van der Waals surface area (Å²) in [6.45, 7) is 0. The predicted molar refractivity (Wildman–Crippen MR) is 112 cm³/mol. The summed E-state index contributed by atoms with van der Waals surface area (Å²) in [4.78, 5) is 26.6. The summed E-state index contributed by atoms with van der Waals surface area (Å²) in [5.41, 5.74) is 0.664. The molecule has 0 bridgehead atoms. The van der Waals surface area contributed by atoms with E-state index in [-0.39, 0.29) is 26.4 Å². The van der Waals surface area contributed by atoms with Gasteiger partial charge in [0.15, 0.2) is 5.11 Å². The van der Waals surface area contributed by atoms with Crippen LogP contribution >= 0.6 is 35.4 Å². The summed E-state index contributed by atoms with van der Waals surface area (Å²) in [7, 11) is 3.01. The van der Waals surface area contributed by atoms with Gasteiger partial charge in [-0.2, -0.15) is 0 Å². The Labute approximate surface area is 176 Å². The van der Waals surface area contributed by atoms with Crippen molar-refractivity contribution >= 4 is 64.1 Å². The first kappa shape index (κ1) is 20.1. The molecule has 1 heterocycles. The van der Waals surface area contributed by atoms with E-state index < -0.39 is 11.8 Å². The van der Waals surface area contributed by atoms with E-state index in [4.69, 9.17) is 44.9 Å². The van der Waals surface area contributed by atoms with Crippen molar-refractivity contribution in [3.05, 3.63) is 57.6 Å². The third-order valence-corrected chi connectivity index (χ3v) is 5.11. The van der Waals surface area contributed by atoms with Gasteiger partial charge < -0.3 is 9.47 Å². The van der Waals surface area contributed by atoms with Crippen molar-refractivity contribution in [3.63, 3.8) is 0 Å². The molecular weight excluding hydrogens is 423 g/mol. The van der Waals surface area contributed by atoms with Crippen LogP contribution in [0.2, 0.25) is 10.0 Å². The summed E-state index contributed by atoms with van der Waals surface area (Å²) < 4.78 is 10.5. The van der Waals surface area contributed by atoms with Gasteiger partial charge in [0.25, 0.3) is 11.8 Å². The molecule has 144 valence electrons. The Morgan fingerprint density at radius 1 is 1.11 bits per heavy atom. The van der Waals surface area contributed by atoms with E-state index in [9.17, 15) is 9.59 Å². The van der Waals surface area contributed by atoms with Gasteiger partial charge in [0, 0.05) is 11.6 Å². The second-order valence-corrected chi connectivity index (χ2v) is 6.81. The van der Waals surface area contributed by atoms with Gasteiger partial charge in [0.1, 0.15) is 17.1 Å². The lowest BCUT2D eigenvalue weighted by Gasteiger charge is -2.29. The van der Waals surface area contributed by atoms with E-state index in [1.54, 1.807) is 36.4 Å². The quantitative estimate of drug-likeness (QED) is 0.447. The van der Waals surface area contributed by atoms with Gasteiger partial charge in [-0.05, 0) is 42.6 Å². The maximum Gasteiger partial charge on any atom is 0.270 e. The molecule has 1 saturated heterocycles. The number of carbonyl (C=O) groups excluding carboxylic acids is 2. The number of amides is 2. The molecule has 3 rings (SSSR count). The van der Waals surface area contributed by atoms with Crippen LogP contribution < -0.4 is 19.7 Å². The predicted octanol–water partition coefficient (Wildman–Crippen LogP) is 3.84. The molecule has 6 nitrogen and oxygen atoms in total. The van der Waals surface area contributed by atoms with Crippen molar-refractivity contribution < 1.29 is 19.1 Å². The van der Waals surface area contributed by atoms with Gasteiger partial charge in [-0.15, -0.1) is 0 Å². The summed E-state index contributed by atoms with van der Waals surface area (Å²) >= 11 is 17.4. The molecule has 0 spiro atoms. The second-order valence-electron chi connectivity index (χ2n) is 5.64. The lowest BCUT2D eigenvalue weighted by atomic mass is 10.1. The van der Waals surface area contributed by atoms with Crippen LogP contribution in [0.4, 0.5) is 5.69 Å². The van der Waals surface area contributed by atoms with E-state index in [1.807, 2.05) is 0 Å². The number of thiocarbonyl (C=S) groups is 1. The molecule has 2 amide bonds. The Kier molecular flexibility index (Phi) is 5.88. The number of nitrogens with zero attached hydrogens (tertiary/aromatic N) is 1. The van der Waals surface area contributed by atoms with Crippen LogP contribution in [0.3, 0.4) is 0 Å². The number of ether oxygens (including phenoxy) is 2. The van der Waals surface area contributed by atoms with Crippen LogP contribution in [0.5, 0.6) is 11.5 Å². The molecule has 1 aliphatic rings. The smallest absolute Gasteiger partial charge is 0.270 e. The molecule has 0 aromatic heterocycles. The zero-order chi connectivity index (χ0) is 20.4. The minimum atomic E-state index is -0.629. The molecule has 0 radical (unpaired) electrons. The third-order valence-electron chi connectivity index (χ3n) is 4.01. The second kappa shape index (κ2) is 8.18. The van der Waals surface area contributed by atoms with Crippen LogP contribution in [-0.2, 0) is 9.59 Å². The fraction of sp³-hybridized carbons (Fsp3) is 0.105. The number of benzene rings is 2. The van der Waals surface area contributed by atoms with Crippen molar-refractivity contribution in [1.82, 2.24) is 5.32 Å². The van der Waals surface area contributed by atoms with Crippen molar-refractivity contribution in [1.29, 1.82) is 0 Å². The topological polar surface area (TPSA) is 67.9 Å². The van der Waals surface area contributed by atoms with E-state index in [1.165, 1.54) is 20.3 Å². The van der Waals surface area contributed by atoms with Crippen LogP contribution in [-0.4, -0.2) is 31.1 Å². The third kappa shape index (κ3) is 3.69. The number of methoxy groups -OCH3 is 2. The minimum absolute atomic E-state index is 0.0852. The molecule has 0 unspecified atom stereocenters. The highest BCUT2D eigenvalue weighted by atomic mass is 35.5. The van der Waals surface area contributed by atoms with Gasteiger partial charge >= 0.3 is 0 Å². The average molecular weight is 437 g/mol. The molecule has 1 fully saturated rings. The summed E-state index contributed by atoms with van der Waals surface area (Å²) in [6, 6.07) is 9.81. The monoisotopic (exact) mass is 436 g/mol. The number of hydrogen-bond acceptors (Lipinski definition) is 5. The van der Waals surface area contributed by atoms with Crippen LogP contribution in [0.25, 0.3) is 6.08 Å². The SMILES string of the molecule is COc1ccc(/C=C2\C(=O)NC(=S)N(c3cccc(Cl)c3Cl)C2=O)c(OC)c1. The number of hydrogen-bond donors (Lipinski definition) is 1. The minimum Gasteiger partial charge on any atom is -0.497 e. The summed E-state index contributed by atoms with van der Waals surface area (Å²) in [5, 5.41) is 2.82. The van der Waals surface area contributed by atoms with E-state index in [2.05, 4.69) is 5.32 Å². The van der Waals surface area contributed by atoms with Crippen molar-refractivity contribution in [2.45, 2.75) is 0 Å². The van der Waals surface area contributed by atoms with E-state index in [0.29, 0.717) is 17.1 Å². The first-order valence-electron chi connectivity index (χ1n) is 7.95.